The number of carbonyl (C=O) groups is 1. The van der Waals surface area contributed by atoms with Gasteiger partial charge < -0.3 is 10.2 Å². The highest BCUT2D eigenvalue weighted by Crippen LogP contribution is 2.39. The number of sulfone groups is 1. The zero-order valence-corrected chi connectivity index (χ0v) is 17.8. The van der Waals surface area contributed by atoms with Gasteiger partial charge in [-0.05, 0) is 30.3 Å². The monoisotopic (exact) mass is 449 g/mol. The molecule has 0 bridgehead atoms. The summed E-state index contributed by atoms with van der Waals surface area (Å²) in [4.78, 5) is 16.0. The van der Waals surface area contributed by atoms with Crippen molar-refractivity contribution in [3.05, 3.63) is 78.9 Å². The highest BCUT2D eigenvalue weighted by Gasteiger charge is 2.23. The van der Waals surface area contributed by atoms with E-state index in [0.717, 1.165) is 11.8 Å². The van der Waals surface area contributed by atoms with Gasteiger partial charge in [0.1, 0.15) is 5.69 Å². The summed E-state index contributed by atoms with van der Waals surface area (Å²) in [5.41, 5.74) is 7.30. The molecule has 0 spiro atoms. The van der Waals surface area contributed by atoms with Crippen molar-refractivity contribution in [3.63, 3.8) is 0 Å². The third-order valence-electron chi connectivity index (χ3n) is 4.75. The molecule has 2 amide bonds. The molecule has 4 rings (SSSR count). The Labute approximate surface area is 184 Å². The Morgan fingerprint density at radius 1 is 0.969 bits per heavy atom. The van der Waals surface area contributed by atoms with Crippen LogP contribution < -0.4 is 10.8 Å². The second-order valence-corrected chi connectivity index (χ2v) is 9.02. The molecule has 0 fully saturated rings. The van der Waals surface area contributed by atoms with Crippen LogP contribution in [0.4, 0.5) is 10.5 Å². The summed E-state index contributed by atoms with van der Waals surface area (Å²) in [6, 6.07) is 21.0. The smallest absolute Gasteiger partial charge is 0.343 e. The number of anilines is 1. The standard InChI is InChI=1S/C23H19N3O5S/c1-32(29,30)19-13-6-5-12-18(19)21-20(15-8-3-2-4-9-15)25-22(31-21)16-10-7-11-17(14-16)26(28)23(24)27/h2-14,28H,1H3,(H2,24,27). The SMILES string of the molecule is CS(=O)(=O)c1ccccc1-c1oc(-c2cccc(N(O)C(N)=O)c2)nc1-c1ccccc1. The summed E-state index contributed by atoms with van der Waals surface area (Å²) in [7, 11) is -3.54. The van der Waals surface area contributed by atoms with Crippen molar-refractivity contribution in [1.29, 1.82) is 0 Å². The van der Waals surface area contributed by atoms with Crippen LogP contribution in [0.2, 0.25) is 0 Å². The second kappa shape index (κ2) is 8.29. The molecular formula is C23H19N3O5S. The van der Waals surface area contributed by atoms with E-state index >= 15 is 0 Å². The van der Waals surface area contributed by atoms with Gasteiger partial charge in [-0.25, -0.2) is 18.2 Å². The topological polar surface area (TPSA) is 127 Å². The fourth-order valence-corrected chi connectivity index (χ4v) is 4.18. The maximum atomic E-state index is 12.4. The molecule has 0 unspecified atom stereocenters. The quantitative estimate of drug-likeness (QED) is 0.344. The van der Waals surface area contributed by atoms with Gasteiger partial charge in [0.05, 0.1) is 10.6 Å². The fraction of sp³-hybridized carbons (Fsp3) is 0.0435. The Balaban J connectivity index is 1.94. The molecule has 4 aromatic rings. The van der Waals surface area contributed by atoms with Crippen molar-refractivity contribution in [2.24, 2.45) is 5.73 Å². The number of benzene rings is 3. The number of urea groups is 1. The van der Waals surface area contributed by atoms with Gasteiger partial charge in [-0.3, -0.25) is 5.21 Å². The zero-order chi connectivity index (χ0) is 22.9. The van der Waals surface area contributed by atoms with Gasteiger partial charge in [0.15, 0.2) is 15.6 Å². The molecule has 0 saturated heterocycles. The van der Waals surface area contributed by atoms with Crippen molar-refractivity contribution in [2.45, 2.75) is 4.90 Å². The van der Waals surface area contributed by atoms with Crippen molar-refractivity contribution in [1.82, 2.24) is 4.98 Å². The lowest BCUT2D eigenvalue weighted by Crippen LogP contribution is -2.32. The Morgan fingerprint density at radius 3 is 2.31 bits per heavy atom. The lowest BCUT2D eigenvalue weighted by Gasteiger charge is -2.12. The van der Waals surface area contributed by atoms with E-state index in [1.54, 1.807) is 30.3 Å². The molecule has 1 aromatic heterocycles. The lowest BCUT2D eigenvalue weighted by atomic mass is 10.1. The highest BCUT2D eigenvalue weighted by atomic mass is 32.2. The normalized spacial score (nSPS) is 11.3. The van der Waals surface area contributed by atoms with Crippen LogP contribution in [0.15, 0.2) is 88.2 Å². The average molecular weight is 449 g/mol. The number of hydrogen-bond donors (Lipinski definition) is 2. The van der Waals surface area contributed by atoms with Crippen molar-refractivity contribution < 1.29 is 22.8 Å². The Hall–Kier alpha value is -3.95. The number of aromatic nitrogens is 1. The first kappa shape index (κ1) is 21.3. The molecule has 0 saturated carbocycles. The summed E-state index contributed by atoms with van der Waals surface area (Å²) < 4.78 is 30.9. The fourth-order valence-electron chi connectivity index (χ4n) is 3.29. The van der Waals surface area contributed by atoms with Gasteiger partial charge in [0, 0.05) is 22.9 Å². The number of primary amides is 1. The van der Waals surface area contributed by atoms with E-state index in [9.17, 15) is 18.4 Å². The van der Waals surface area contributed by atoms with Crippen LogP contribution in [-0.2, 0) is 9.84 Å². The van der Waals surface area contributed by atoms with Gasteiger partial charge in [-0.2, -0.15) is 5.06 Å². The second-order valence-electron chi connectivity index (χ2n) is 7.03. The molecule has 3 aromatic carbocycles. The van der Waals surface area contributed by atoms with Crippen LogP contribution in [0.25, 0.3) is 34.0 Å². The minimum absolute atomic E-state index is 0.115. The van der Waals surface area contributed by atoms with E-state index in [1.165, 1.54) is 18.2 Å². The summed E-state index contributed by atoms with van der Waals surface area (Å²) in [5.74, 6) is 0.468. The minimum atomic E-state index is -3.54. The molecule has 1 heterocycles. The van der Waals surface area contributed by atoms with Crippen LogP contribution in [0, 0.1) is 0 Å². The number of nitrogens with zero attached hydrogens (tertiary/aromatic N) is 2. The number of nitrogens with two attached hydrogens (primary N) is 1. The van der Waals surface area contributed by atoms with E-state index in [4.69, 9.17) is 10.2 Å². The predicted octanol–water partition coefficient (Wildman–Crippen LogP) is 4.35. The summed E-state index contributed by atoms with van der Waals surface area (Å²) >= 11 is 0. The summed E-state index contributed by atoms with van der Waals surface area (Å²) in [6.07, 6.45) is 1.13. The molecule has 0 aliphatic carbocycles. The maximum absolute atomic E-state index is 12.4. The Bertz CT molecular complexity index is 1400. The van der Waals surface area contributed by atoms with Crippen molar-refractivity contribution >= 4 is 21.6 Å². The first-order valence-electron chi connectivity index (χ1n) is 9.50. The van der Waals surface area contributed by atoms with E-state index in [2.05, 4.69) is 4.98 Å². The van der Waals surface area contributed by atoms with Crippen LogP contribution in [0.5, 0.6) is 0 Å². The molecule has 0 atom stereocenters. The first-order chi connectivity index (χ1) is 15.3. The predicted molar refractivity (Wildman–Crippen MR) is 120 cm³/mol. The van der Waals surface area contributed by atoms with Crippen LogP contribution in [-0.4, -0.2) is 30.9 Å². The minimum Gasteiger partial charge on any atom is -0.435 e. The van der Waals surface area contributed by atoms with Crippen LogP contribution >= 0.6 is 0 Å². The van der Waals surface area contributed by atoms with E-state index in [0.29, 0.717) is 21.9 Å². The number of hydroxylamine groups is 1. The number of carbonyl (C=O) groups excluding carboxylic acids is 1. The van der Waals surface area contributed by atoms with E-state index < -0.39 is 15.9 Å². The third kappa shape index (κ3) is 4.11. The van der Waals surface area contributed by atoms with Crippen LogP contribution in [0.1, 0.15) is 0 Å². The lowest BCUT2D eigenvalue weighted by molar-refractivity contribution is 0.212. The van der Waals surface area contributed by atoms with Gasteiger partial charge in [-0.1, -0.05) is 48.5 Å². The van der Waals surface area contributed by atoms with Gasteiger partial charge in [0.2, 0.25) is 5.89 Å². The molecule has 9 heteroatoms. The summed E-state index contributed by atoms with van der Waals surface area (Å²) in [6.45, 7) is 0. The van der Waals surface area contributed by atoms with Gasteiger partial charge >= 0.3 is 6.03 Å². The average Bonchev–Trinajstić information content (AvgIpc) is 3.24. The number of oxazole rings is 1. The molecule has 0 radical (unpaired) electrons. The van der Waals surface area contributed by atoms with Crippen molar-refractivity contribution in [2.75, 3.05) is 11.3 Å². The number of rotatable bonds is 5. The van der Waals surface area contributed by atoms with Crippen molar-refractivity contribution in [3.8, 4) is 34.0 Å². The van der Waals surface area contributed by atoms with Crippen LogP contribution in [0.3, 0.4) is 0 Å². The molecule has 32 heavy (non-hydrogen) atoms. The Kier molecular flexibility index (Phi) is 5.52. The number of amides is 2. The largest absolute Gasteiger partial charge is 0.435 e. The Morgan fingerprint density at radius 2 is 1.62 bits per heavy atom. The van der Waals surface area contributed by atoms with Gasteiger partial charge in [-0.15, -0.1) is 0 Å². The van der Waals surface area contributed by atoms with E-state index in [-0.39, 0.29) is 22.2 Å². The third-order valence-corrected chi connectivity index (χ3v) is 5.91. The first-order valence-corrected chi connectivity index (χ1v) is 11.4. The maximum Gasteiger partial charge on any atom is 0.343 e. The van der Waals surface area contributed by atoms with E-state index in [1.807, 2.05) is 30.3 Å². The number of hydrogen-bond acceptors (Lipinski definition) is 6. The molecule has 8 nitrogen and oxygen atoms in total. The van der Waals surface area contributed by atoms with Gasteiger partial charge in [0.25, 0.3) is 0 Å². The highest BCUT2D eigenvalue weighted by molar-refractivity contribution is 7.90. The molecule has 0 aliphatic rings. The molecular weight excluding hydrogens is 430 g/mol. The molecule has 162 valence electrons. The molecule has 0 aliphatic heterocycles. The molecule has 3 N–H and O–H groups in total. The zero-order valence-electron chi connectivity index (χ0n) is 17.0. The summed E-state index contributed by atoms with van der Waals surface area (Å²) in [5, 5.41) is 10.2.